The summed E-state index contributed by atoms with van der Waals surface area (Å²) < 4.78 is 4.68. The normalized spacial score (nSPS) is 9.06. The van der Waals surface area contributed by atoms with E-state index in [1.807, 2.05) is 0 Å². The van der Waals surface area contributed by atoms with Crippen LogP contribution in [0.15, 0.2) is 11.4 Å². The number of hydrogen-bond donors (Lipinski definition) is 1. The summed E-state index contributed by atoms with van der Waals surface area (Å²) in [6, 6.07) is 1.49. The average Bonchev–Trinajstić information content (AvgIpc) is 2.66. The molecule has 84 valence electrons. The molecule has 0 saturated carbocycles. The lowest BCUT2D eigenvalue weighted by Crippen LogP contribution is -2.01. The molecule has 0 aliphatic carbocycles. The molecule has 4 nitrogen and oxygen atoms in total. The molecule has 0 bridgehead atoms. The number of carboxylic acids is 1. The van der Waals surface area contributed by atoms with Crippen LogP contribution < -0.4 is 0 Å². The third kappa shape index (κ3) is 3.41. The fraction of sp³-hybridized carbons (Fsp3) is 0.273. The molecular weight excluding hydrogens is 228 g/mol. The zero-order valence-corrected chi connectivity index (χ0v) is 9.47. The van der Waals surface area contributed by atoms with E-state index < -0.39 is 11.9 Å². The Morgan fingerprint density at radius 3 is 2.94 bits per heavy atom. The van der Waals surface area contributed by atoms with Crippen LogP contribution in [0.3, 0.4) is 0 Å². The highest BCUT2D eigenvalue weighted by Gasteiger charge is 2.08. The summed E-state index contributed by atoms with van der Waals surface area (Å²) in [4.78, 5) is 22.1. The lowest BCUT2D eigenvalue weighted by Gasteiger charge is -1.94. The van der Waals surface area contributed by atoms with E-state index in [0.29, 0.717) is 11.5 Å². The van der Waals surface area contributed by atoms with Gasteiger partial charge < -0.3 is 9.84 Å². The van der Waals surface area contributed by atoms with Crippen LogP contribution in [0.5, 0.6) is 0 Å². The number of esters is 1. The van der Waals surface area contributed by atoms with E-state index in [4.69, 9.17) is 5.11 Å². The Balaban J connectivity index is 2.66. The van der Waals surface area contributed by atoms with E-state index in [-0.39, 0.29) is 12.0 Å². The summed E-state index contributed by atoms with van der Waals surface area (Å²) in [6.07, 6.45) is -0.0230. The van der Waals surface area contributed by atoms with Crippen LogP contribution in [-0.2, 0) is 9.53 Å². The Morgan fingerprint density at radius 2 is 2.31 bits per heavy atom. The molecule has 0 fully saturated rings. The lowest BCUT2D eigenvalue weighted by molar-refractivity contribution is -0.141. The van der Waals surface area contributed by atoms with Crippen molar-refractivity contribution in [3.8, 4) is 11.8 Å². The van der Waals surface area contributed by atoms with Crippen LogP contribution in [0.4, 0.5) is 0 Å². The summed E-state index contributed by atoms with van der Waals surface area (Å²) in [7, 11) is 0. The highest BCUT2D eigenvalue weighted by atomic mass is 32.1. The van der Waals surface area contributed by atoms with E-state index in [1.165, 1.54) is 17.4 Å². The Hall–Kier alpha value is -1.80. The van der Waals surface area contributed by atoms with Gasteiger partial charge in [0.05, 0.1) is 17.0 Å². The maximum absolute atomic E-state index is 11.0. The van der Waals surface area contributed by atoms with Crippen LogP contribution in [0, 0.1) is 11.8 Å². The van der Waals surface area contributed by atoms with Crippen LogP contribution in [0.1, 0.15) is 28.6 Å². The van der Waals surface area contributed by atoms with Gasteiger partial charge in [-0.1, -0.05) is 11.8 Å². The molecular formula is C11H10O4S. The zero-order valence-electron chi connectivity index (χ0n) is 8.65. The summed E-state index contributed by atoms with van der Waals surface area (Å²) in [6.45, 7) is 2.03. The Morgan fingerprint density at radius 1 is 1.56 bits per heavy atom. The minimum Gasteiger partial charge on any atom is -0.478 e. The van der Waals surface area contributed by atoms with Gasteiger partial charge in [-0.05, 0) is 18.4 Å². The van der Waals surface area contributed by atoms with Crippen molar-refractivity contribution in [1.29, 1.82) is 0 Å². The second kappa shape index (κ2) is 5.93. The number of aromatic carboxylic acids is 1. The molecule has 16 heavy (non-hydrogen) atoms. The predicted octanol–water partition coefficient (Wildman–Crippen LogP) is 1.75. The first-order valence-corrected chi connectivity index (χ1v) is 5.48. The van der Waals surface area contributed by atoms with E-state index in [2.05, 4.69) is 16.6 Å². The van der Waals surface area contributed by atoms with Gasteiger partial charge in [0.25, 0.3) is 0 Å². The highest BCUT2D eigenvalue weighted by Crippen LogP contribution is 2.15. The third-order valence-corrected chi connectivity index (χ3v) is 2.47. The molecule has 0 aromatic carbocycles. The second-order valence-corrected chi connectivity index (χ2v) is 3.67. The minimum absolute atomic E-state index is 0.0230. The molecule has 0 radical (unpaired) electrons. The van der Waals surface area contributed by atoms with Gasteiger partial charge in [0.2, 0.25) is 0 Å². The number of carbonyl (C=O) groups is 2. The first kappa shape index (κ1) is 12.3. The van der Waals surface area contributed by atoms with Gasteiger partial charge in [-0.15, -0.1) is 11.3 Å². The standard InChI is InChI=1S/C11H10O4S/c1-2-15-10(12)5-3-4-9-8(11(13)14)6-7-16-9/h6-7H,2,5H2,1H3,(H,13,14). The number of ether oxygens (including phenoxy) is 1. The number of carbonyl (C=O) groups excluding carboxylic acids is 1. The van der Waals surface area contributed by atoms with Gasteiger partial charge >= 0.3 is 11.9 Å². The third-order valence-electron chi connectivity index (χ3n) is 1.64. The van der Waals surface area contributed by atoms with E-state index >= 15 is 0 Å². The molecule has 0 aliphatic rings. The number of carboxylic acid groups (broad SMARTS) is 1. The van der Waals surface area contributed by atoms with Gasteiger partial charge in [-0.3, -0.25) is 4.79 Å². The number of hydrogen-bond acceptors (Lipinski definition) is 4. The van der Waals surface area contributed by atoms with Crippen LogP contribution in [-0.4, -0.2) is 23.7 Å². The Labute approximate surface area is 96.9 Å². The van der Waals surface area contributed by atoms with Gasteiger partial charge in [0.15, 0.2) is 0 Å². The molecule has 0 spiro atoms. The van der Waals surface area contributed by atoms with Crippen molar-refractivity contribution in [2.45, 2.75) is 13.3 Å². The first-order chi connectivity index (χ1) is 7.65. The summed E-state index contributed by atoms with van der Waals surface area (Å²) >= 11 is 1.24. The molecule has 1 aromatic heterocycles. The maximum Gasteiger partial charge on any atom is 0.337 e. The van der Waals surface area contributed by atoms with E-state index in [1.54, 1.807) is 12.3 Å². The molecule has 0 atom stereocenters. The van der Waals surface area contributed by atoms with Crippen LogP contribution in [0.25, 0.3) is 0 Å². The van der Waals surface area contributed by atoms with Gasteiger partial charge in [0, 0.05) is 0 Å². The summed E-state index contributed by atoms with van der Waals surface area (Å²) in [5.41, 5.74) is 0.168. The molecule has 0 amide bonds. The predicted molar refractivity (Wildman–Crippen MR) is 59.4 cm³/mol. The SMILES string of the molecule is CCOC(=O)CC#Cc1sccc1C(=O)O. The van der Waals surface area contributed by atoms with Crippen LogP contribution >= 0.6 is 11.3 Å². The van der Waals surface area contributed by atoms with Crippen LogP contribution in [0.2, 0.25) is 0 Å². The quantitative estimate of drug-likeness (QED) is 0.643. The Bertz CT molecular complexity index is 450. The molecule has 1 heterocycles. The Kier molecular flexibility index (Phi) is 4.55. The van der Waals surface area contributed by atoms with Crippen molar-refractivity contribution in [1.82, 2.24) is 0 Å². The molecule has 0 unspecified atom stereocenters. The fourth-order valence-electron chi connectivity index (χ4n) is 0.983. The smallest absolute Gasteiger partial charge is 0.337 e. The monoisotopic (exact) mass is 238 g/mol. The lowest BCUT2D eigenvalue weighted by atomic mass is 10.2. The molecule has 1 aromatic rings. The average molecular weight is 238 g/mol. The highest BCUT2D eigenvalue weighted by molar-refractivity contribution is 7.10. The van der Waals surface area contributed by atoms with Crippen molar-refractivity contribution in [2.75, 3.05) is 6.61 Å². The van der Waals surface area contributed by atoms with E-state index in [0.717, 1.165) is 0 Å². The van der Waals surface area contributed by atoms with Crippen molar-refractivity contribution in [2.24, 2.45) is 0 Å². The molecule has 0 saturated heterocycles. The first-order valence-electron chi connectivity index (χ1n) is 4.60. The van der Waals surface area contributed by atoms with Gasteiger partial charge in [-0.2, -0.15) is 0 Å². The van der Waals surface area contributed by atoms with Gasteiger partial charge in [-0.25, -0.2) is 4.79 Å². The maximum atomic E-state index is 11.0. The topological polar surface area (TPSA) is 63.6 Å². The summed E-state index contributed by atoms with van der Waals surface area (Å²) in [5.74, 6) is 3.83. The summed E-state index contributed by atoms with van der Waals surface area (Å²) in [5, 5.41) is 10.4. The minimum atomic E-state index is -1.01. The zero-order chi connectivity index (χ0) is 12.0. The number of rotatable bonds is 3. The molecule has 5 heteroatoms. The molecule has 1 N–H and O–H groups in total. The second-order valence-electron chi connectivity index (χ2n) is 2.75. The molecule has 0 aliphatic heterocycles. The van der Waals surface area contributed by atoms with Crippen molar-refractivity contribution in [3.63, 3.8) is 0 Å². The van der Waals surface area contributed by atoms with Crippen molar-refractivity contribution < 1.29 is 19.4 Å². The fourth-order valence-corrected chi connectivity index (χ4v) is 1.74. The number of thiophene rings is 1. The van der Waals surface area contributed by atoms with E-state index in [9.17, 15) is 9.59 Å². The molecule has 1 rings (SSSR count). The van der Waals surface area contributed by atoms with Crippen molar-refractivity contribution in [3.05, 3.63) is 21.9 Å². The van der Waals surface area contributed by atoms with Gasteiger partial charge in [0.1, 0.15) is 6.42 Å². The largest absolute Gasteiger partial charge is 0.478 e. The van der Waals surface area contributed by atoms with Crippen molar-refractivity contribution >= 4 is 23.3 Å².